The predicted molar refractivity (Wildman–Crippen MR) is 58.5 cm³/mol. The van der Waals surface area contributed by atoms with Crippen LogP contribution in [0.15, 0.2) is 12.1 Å². The molecule has 0 saturated carbocycles. The van der Waals surface area contributed by atoms with Crippen LogP contribution in [-0.4, -0.2) is 24.4 Å². The van der Waals surface area contributed by atoms with Crippen molar-refractivity contribution in [3.63, 3.8) is 0 Å². The van der Waals surface area contributed by atoms with Crippen molar-refractivity contribution in [2.75, 3.05) is 14.2 Å². The first-order valence-electron chi connectivity index (χ1n) is 4.76. The predicted octanol–water partition coefficient (Wildman–Crippen LogP) is 1.16. The van der Waals surface area contributed by atoms with Crippen molar-refractivity contribution in [3.05, 3.63) is 17.8 Å². The molecule has 1 unspecified atom stereocenters. The number of rotatable bonds is 4. The Hall–Kier alpha value is -1.60. The van der Waals surface area contributed by atoms with E-state index in [1.165, 1.54) is 0 Å². The van der Waals surface area contributed by atoms with Gasteiger partial charge in [0, 0.05) is 12.5 Å². The summed E-state index contributed by atoms with van der Waals surface area (Å²) >= 11 is 0. The molecule has 1 aromatic rings. The van der Waals surface area contributed by atoms with Crippen molar-refractivity contribution in [2.24, 2.45) is 0 Å². The van der Waals surface area contributed by atoms with Crippen molar-refractivity contribution in [3.8, 4) is 17.7 Å². The van der Waals surface area contributed by atoms with Crippen LogP contribution in [0.4, 0.5) is 0 Å². The lowest BCUT2D eigenvalue weighted by Crippen LogP contribution is -2.17. The molecule has 0 saturated heterocycles. The average Bonchev–Trinajstić information content (AvgIpc) is 2.31. The fourth-order valence-corrected chi connectivity index (χ4v) is 1.18. The lowest BCUT2D eigenvalue weighted by Gasteiger charge is -2.11. The summed E-state index contributed by atoms with van der Waals surface area (Å²) in [6, 6.07) is 3.81. The summed E-state index contributed by atoms with van der Waals surface area (Å²) < 4.78 is 4.94. The van der Waals surface area contributed by atoms with Gasteiger partial charge in [0.15, 0.2) is 0 Å². The van der Waals surface area contributed by atoms with Gasteiger partial charge in [-0.15, -0.1) is 16.9 Å². The molecule has 1 heterocycles. The van der Waals surface area contributed by atoms with E-state index in [4.69, 9.17) is 4.74 Å². The number of methoxy groups -OCH3 is 1. The van der Waals surface area contributed by atoms with E-state index in [0.29, 0.717) is 5.88 Å². The minimum absolute atomic E-state index is 0.121. The first kappa shape index (κ1) is 11.5. The number of ether oxygens (including phenoxy) is 1. The van der Waals surface area contributed by atoms with Gasteiger partial charge in [-0.3, -0.25) is 0 Å². The van der Waals surface area contributed by atoms with Gasteiger partial charge < -0.3 is 10.1 Å². The number of hydrogen-bond donors (Lipinski definition) is 1. The number of aromatic nitrogens is 2. The van der Waals surface area contributed by atoms with E-state index in [0.717, 1.165) is 12.1 Å². The second-order valence-electron chi connectivity index (χ2n) is 2.97. The highest BCUT2D eigenvalue weighted by Crippen LogP contribution is 2.14. The van der Waals surface area contributed by atoms with Crippen molar-refractivity contribution in [1.82, 2.24) is 15.5 Å². The van der Waals surface area contributed by atoms with E-state index in [2.05, 4.69) is 27.4 Å². The van der Waals surface area contributed by atoms with Crippen LogP contribution < -0.4 is 10.1 Å². The van der Waals surface area contributed by atoms with E-state index in [9.17, 15) is 0 Å². The van der Waals surface area contributed by atoms with Gasteiger partial charge in [0.25, 0.3) is 0 Å². The smallest absolute Gasteiger partial charge is 0.233 e. The normalized spacial score (nSPS) is 11.4. The van der Waals surface area contributed by atoms with Gasteiger partial charge in [-0.2, -0.15) is 5.10 Å². The first-order valence-corrected chi connectivity index (χ1v) is 4.76. The zero-order valence-corrected chi connectivity index (χ0v) is 9.24. The molecule has 0 aliphatic carbocycles. The highest BCUT2D eigenvalue weighted by atomic mass is 16.5. The second kappa shape index (κ2) is 5.99. The molecule has 1 N–H and O–H groups in total. The SMILES string of the molecule is CC#CCC(NC)c1ccc(OC)nn1. The quantitative estimate of drug-likeness (QED) is 0.749. The maximum Gasteiger partial charge on any atom is 0.233 e. The van der Waals surface area contributed by atoms with Crippen LogP contribution in [0.3, 0.4) is 0 Å². The molecule has 15 heavy (non-hydrogen) atoms. The number of nitrogens with zero attached hydrogens (tertiary/aromatic N) is 2. The van der Waals surface area contributed by atoms with Crippen molar-refractivity contribution >= 4 is 0 Å². The molecule has 1 rings (SSSR count). The Morgan fingerprint density at radius 1 is 1.47 bits per heavy atom. The van der Waals surface area contributed by atoms with E-state index in [1.807, 2.05) is 20.0 Å². The summed E-state index contributed by atoms with van der Waals surface area (Å²) in [5, 5.41) is 11.1. The maximum absolute atomic E-state index is 4.94. The van der Waals surface area contributed by atoms with Crippen molar-refractivity contribution in [2.45, 2.75) is 19.4 Å². The molecule has 4 heteroatoms. The standard InChI is InChI=1S/C11H15N3O/c1-4-5-6-9(12-2)10-7-8-11(15-3)14-13-10/h7-9,12H,6H2,1-3H3. The summed E-state index contributed by atoms with van der Waals surface area (Å²) in [6.45, 7) is 1.83. The average molecular weight is 205 g/mol. The van der Waals surface area contributed by atoms with Gasteiger partial charge in [-0.05, 0) is 20.0 Å². The lowest BCUT2D eigenvalue weighted by atomic mass is 10.1. The van der Waals surface area contributed by atoms with Gasteiger partial charge >= 0.3 is 0 Å². The molecule has 4 nitrogen and oxygen atoms in total. The highest BCUT2D eigenvalue weighted by molar-refractivity contribution is 5.15. The van der Waals surface area contributed by atoms with E-state index in [-0.39, 0.29) is 6.04 Å². The van der Waals surface area contributed by atoms with E-state index < -0.39 is 0 Å². The third-order valence-electron chi connectivity index (χ3n) is 2.06. The van der Waals surface area contributed by atoms with Gasteiger partial charge in [-0.25, -0.2) is 0 Å². The minimum Gasteiger partial charge on any atom is -0.480 e. The summed E-state index contributed by atoms with van der Waals surface area (Å²) in [6.07, 6.45) is 0.730. The Bertz CT molecular complexity index is 350. The van der Waals surface area contributed by atoms with Crippen molar-refractivity contribution < 1.29 is 4.74 Å². The molecule has 1 atom stereocenters. The molecule has 0 aromatic carbocycles. The Kier molecular flexibility index (Phi) is 4.58. The first-order chi connectivity index (χ1) is 7.31. The Labute approximate surface area is 90.1 Å². The van der Waals surface area contributed by atoms with E-state index in [1.54, 1.807) is 13.2 Å². The monoisotopic (exact) mass is 205 g/mol. The Morgan fingerprint density at radius 3 is 2.73 bits per heavy atom. The molecule has 0 spiro atoms. The highest BCUT2D eigenvalue weighted by Gasteiger charge is 2.09. The van der Waals surface area contributed by atoms with Crippen LogP contribution in [-0.2, 0) is 0 Å². The van der Waals surface area contributed by atoms with Gasteiger partial charge in [0.2, 0.25) is 5.88 Å². The lowest BCUT2D eigenvalue weighted by molar-refractivity contribution is 0.389. The van der Waals surface area contributed by atoms with Gasteiger partial charge in [-0.1, -0.05) is 0 Å². The number of nitrogens with one attached hydrogen (secondary N) is 1. The van der Waals surface area contributed by atoms with Gasteiger partial charge in [0.1, 0.15) is 0 Å². The van der Waals surface area contributed by atoms with Crippen LogP contribution in [0.2, 0.25) is 0 Å². The molecule has 0 fully saturated rings. The van der Waals surface area contributed by atoms with Crippen LogP contribution in [0.25, 0.3) is 0 Å². The summed E-state index contributed by atoms with van der Waals surface area (Å²) in [4.78, 5) is 0. The zero-order chi connectivity index (χ0) is 11.1. The largest absolute Gasteiger partial charge is 0.480 e. The van der Waals surface area contributed by atoms with Crippen molar-refractivity contribution in [1.29, 1.82) is 0 Å². The third-order valence-corrected chi connectivity index (χ3v) is 2.06. The summed E-state index contributed by atoms with van der Waals surface area (Å²) in [7, 11) is 3.45. The van der Waals surface area contributed by atoms with Crippen LogP contribution >= 0.6 is 0 Å². The summed E-state index contributed by atoms with van der Waals surface area (Å²) in [5.41, 5.74) is 0.876. The Morgan fingerprint density at radius 2 is 2.27 bits per heavy atom. The fraction of sp³-hybridized carbons (Fsp3) is 0.455. The van der Waals surface area contributed by atoms with Gasteiger partial charge in [0.05, 0.1) is 18.8 Å². The molecule has 0 radical (unpaired) electrons. The molecular weight excluding hydrogens is 190 g/mol. The minimum atomic E-state index is 0.121. The fourth-order valence-electron chi connectivity index (χ4n) is 1.18. The third kappa shape index (κ3) is 3.22. The topological polar surface area (TPSA) is 47.0 Å². The van der Waals surface area contributed by atoms with Crippen LogP contribution in [0.5, 0.6) is 5.88 Å². The van der Waals surface area contributed by atoms with Crippen LogP contribution in [0, 0.1) is 11.8 Å². The molecule has 80 valence electrons. The maximum atomic E-state index is 4.94. The Balaban J connectivity index is 2.76. The molecule has 0 aliphatic rings. The number of hydrogen-bond acceptors (Lipinski definition) is 4. The van der Waals surface area contributed by atoms with Crippen LogP contribution in [0.1, 0.15) is 25.1 Å². The molecule has 0 aliphatic heterocycles. The molecule has 0 amide bonds. The summed E-state index contributed by atoms with van der Waals surface area (Å²) in [5.74, 6) is 6.40. The molecular formula is C11H15N3O. The molecule has 1 aromatic heterocycles. The zero-order valence-electron chi connectivity index (χ0n) is 9.24. The molecule has 0 bridgehead atoms. The van der Waals surface area contributed by atoms with E-state index >= 15 is 0 Å². The second-order valence-corrected chi connectivity index (χ2v) is 2.97.